The summed E-state index contributed by atoms with van der Waals surface area (Å²) in [5.74, 6) is 1.04. The summed E-state index contributed by atoms with van der Waals surface area (Å²) in [5, 5.41) is 5.20. The second kappa shape index (κ2) is 12.3. The zero-order chi connectivity index (χ0) is 25.8. The lowest BCUT2D eigenvalue weighted by Crippen LogP contribution is -2.39. The Labute approximate surface area is 231 Å². The number of thiophene rings is 1. The molecular weight excluding hydrogens is 530 g/mol. The Bertz CT molecular complexity index is 1180. The first kappa shape index (κ1) is 26.6. The van der Waals surface area contributed by atoms with Gasteiger partial charge in [0, 0.05) is 37.7 Å². The summed E-state index contributed by atoms with van der Waals surface area (Å²) in [6.07, 6.45) is 2.20. The Kier molecular flexibility index (Phi) is 8.83. The number of hydrogen-bond donors (Lipinski definition) is 0. The van der Waals surface area contributed by atoms with E-state index in [1.54, 1.807) is 41.7 Å². The van der Waals surface area contributed by atoms with E-state index in [1.807, 2.05) is 4.90 Å². The van der Waals surface area contributed by atoms with Crippen LogP contribution >= 0.6 is 34.5 Å². The van der Waals surface area contributed by atoms with Crippen LogP contribution in [0, 0.1) is 17.7 Å². The minimum Gasteiger partial charge on any atom is -0.376 e. The number of carbonyl (C=O) groups is 1. The summed E-state index contributed by atoms with van der Waals surface area (Å²) in [6.45, 7) is 5.77. The third-order valence-corrected chi connectivity index (χ3v) is 9.04. The normalized spacial score (nSPS) is 21.0. The molecule has 0 spiro atoms. The number of likely N-dealkylation sites (tertiary alicyclic amines) is 2. The van der Waals surface area contributed by atoms with Crippen molar-refractivity contribution in [1.29, 1.82) is 0 Å². The van der Waals surface area contributed by atoms with Crippen LogP contribution in [-0.2, 0) is 11.3 Å². The van der Waals surface area contributed by atoms with Gasteiger partial charge in [-0.1, -0.05) is 35.3 Å². The van der Waals surface area contributed by atoms with Crippen LogP contribution in [0.15, 0.2) is 59.3 Å². The molecule has 2 saturated heterocycles. The number of benzene rings is 2. The van der Waals surface area contributed by atoms with Crippen LogP contribution < -0.4 is 0 Å². The highest BCUT2D eigenvalue weighted by atomic mass is 35.5. The Morgan fingerprint density at radius 2 is 1.81 bits per heavy atom. The number of nitrogens with zero attached hydrogens (tertiary/aromatic N) is 2. The maximum absolute atomic E-state index is 13.3. The molecular formula is C29H31Cl2FN2O2S. The van der Waals surface area contributed by atoms with Gasteiger partial charge in [0.05, 0.1) is 16.7 Å². The van der Waals surface area contributed by atoms with E-state index in [4.69, 9.17) is 27.9 Å². The summed E-state index contributed by atoms with van der Waals surface area (Å²) in [5.41, 5.74) is 2.91. The van der Waals surface area contributed by atoms with E-state index >= 15 is 0 Å². The van der Waals surface area contributed by atoms with Crippen LogP contribution in [0.4, 0.5) is 4.39 Å². The number of amides is 1. The first-order chi connectivity index (χ1) is 18.0. The van der Waals surface area contributed by atoms with E-state index in [2.05, 4.69) is 21.7 Å². The Morgan fingerprint density at radius 3 is 2.51 bits per heavy atom. The highest BCUT2D eigenvalue weighted by Gasteiger charge is 2.38. The molecule has 2 unspecified atom stereocenters. The van der Waals surface area contributed by atoms with Crippen molar-refractivity contribution in [3.8, 4) is 0 Å². The fourth-order valence-electron chi connectivity index (χ4n) is 5.49. The monoisotopic (exact) mass is 560 g/mol. The molecule has 4 nitrogen and oxygen atoms in total. The van der Waals surface area contributed by atoms with Gasteiger partial charge in [-0.2, -0.15) is 11.3 Å². The zero-order valence-corrected chi connectivity index (χ0v) is 23.0. The highest BCUT2D eigenvalue weighted by molar-refractivity contribution is 7.08. The van der Waals surface area contributed by atoms with Crippen LogP contribution in [0.2, 0.25) is 10.0 Å². The molecule has 0 aliphatic carbocycles. The summed E-state index contributed by atoms with van der Waals surface area (Å²) in [7, 11) is 0. The number of piperidine rings is 1. The van der Waals surface area contributed by atoms with Crippen molar-refractivity contribution in [1.82, 2.24) is 9.80 Å². The first-order valence-corrected chi connectivity index (χ1v) is 14.5. The maximum Gasteiger partial charge on any atom is 0.253 e. The first-order valence-electron chi connectivity index (χ1n) is 12.8. The molecule has 2 aromatic carbocycles. The average molecular weight is 562 g/mol. The van der Waals surface area contributed by atoms with Gasteiger partial charge < -0.3 is 14.5 Å². The van der Waals surface area contributed by atoms with Gasteiger partial charge in [0.1, 0.15) is 5.82 Å². The quantitative estimate of drug-likeness (QED) is 0.298. The third kappa shape index (κ3) is 6.73. The van der Waals surface area contributed by atoms with Crippen molar-refractivity contribution in [3.63, 3.8) is 0 Å². The van der Waals surface area contributed by atoms with Gasteiger partial charge in [-0.05, 0) is 96.1 Å². The number of ether oxygens (including phenoxy) is 1. The molecule has 0 saturated carbocycles. The number of rotatable bonds is 8. The zero-order valence-electron chi connectivity index (χ0n) is 20.6. The summed E-state index contributed by atoms with van der Waals surface area (Å²) < 4.78 is 19.0. The smallest absolute Gasteiger partial charge is 0.253 e. The molecule has 37 heavy (non-hydrogen) atoms. The van der Waals surface area contributed by atoms with E-state index in [0.717, 1.165) is 51.2 Å². The van der Waals surface area contributed by atoms with E-state index in [-0.39, 0.29) is 11.7 Å². The van der Waals surface area contributed by atoms with Crippen molar-refractivity contribution in [3.05, 3.63) is 91.8 Å². The molecule has 8 heteroatoms. The predicted molar refractivity (Wildman–Crippen MR) is 148 cm³/mol. The van der Waals surface area contributed by atoms with Crippen LogP contribution in [0.3, 0.4) is 0 Å². The number of carbonyl (C=O) groups excluding carboxylic acids is 1. The molecule has 0 radical (unpaired) electrons. The Balaban J connectivity index is 1.15. The van der Waals surface area contributed by atoms with Gasteiger partial charge in [0.2, 0.25) is 0 Å². The van der Waals surface area contributed by atoms with Crippen LogP contribution in [-0.4, -0.2) is 55.0 Å². The third-order valence-electron chi connectivity index (χ3n) is 7.60. The molecule has 5 rings (SSSR count). The van der Waals surface area contributed by atoms with Gasteiger partial charge in [0.25, 0.3) is 5.91 Å². The number of hydrogen-bond acceptors (Lipinski definition) is 4. The topological polar surface area (TPSA) is 32.8 Å². The molecule has 2 aliphatic rings. The van der Waals surface area contributed by atoms with Crippen molar-refractivity contribution < 1.29 is 13.9 Å². The van der Waals surface area contributed by atoms with Crippen molar-refractivity contribution in [2.75, 3.05) is 39.3 Å². The molecule has 0 bridgehead atoms. The van der Waals surface area contributed by atoms with E-state index in [0.29, 0.717) is 46.5 Å². The Morgan fingerprint density at radius 1 is 1.03 bits per heavy atom. The molecule has 2 fully saturated rings. The molecule has 2 atom stereocenters. The molecule has 0 N–H and O–H groups in total. The molecule has 1 amide bonds. The maximum atomic E-state index is 13.3. The lowest BCUT2D eigenvalue weighted by molar-refractivity contribution is 0.0539. The van der Waals surface area contributed by atoms with Crippen molar-refractivity contribution in [2.24, 2.45) is 11.8 Å². The van der Waals surface area contributed by atoms with E-state index < -0.39 is 0 Å². The number of halogens is 3. The fraction of sp³-hybridized carbons (Fsp3) is 0.414. The van der Waals surface area contributed by atoms with E-state index in [1.165, 1.54) is 17.7 Å². The van der Waals surface area contributed by atoms with Crippen LogP contribution in [0.5, 0.6) is 0 Å². The van der Waals surface area contributed by atoms with Crippen molar-refractivity contribution >= 4 is 40.4 Å². The van der Waals surface area contributed by atoms with Gasteiger partial charge in [-0.15, -0.1) is 0 Å². The lowest BCUT2D eigenvalue weighted by atomic mass is 9.89. The fourth-order valence-corrected chi connectivity index (χ4v) is 6.51. The molecule has 3 aromatic rings. The minimum absolute atomic E-state index is 0.0123. The average Bonchev–Trinajstić information content (AvgIpc) is 3.58. The minimum atomic E-state index is -0.221. The standard InChI is InChI=1S/C29H31Cl2FN2O2S/c30-27-6-3-22(13-28(27)31)29(35)34-15-24(26(16-34)23-9-12-37-19-23)14-33-10-7-21(8-11-33)18-36-17-20-1-4-25(32)5-2-20/h1-6,9,12-13,19,21,24,26H,7-8,10-11,14-18H2. The van der Waals surface area contributed by atoms with Gasteiger partial charge in [-0.3, -0.25) is 4.79 Å². The lowest BCUT2D eigenvalue weighted by Gasteiger charge is -2.34. The molecule has 2 aliphatic heterocycles. The van der Waals surface area contributed by atoms with Gasteiger partial charge in [-0.25, -0.2) is 4.39 Å². The van der Waals surface area contributed by atoms with Gasteiger partial charge in [0.15, 0.2) is 0 Å². The SMILES string of the molecule is O=C(c1ccc(Cl)c(Cl)c1)N1CC(CN2CCC(COCc3ccc(F)cc3)CC2)C(c2ccsc2)C1. The second-order valence-electron chi connectivity index (χ2n) is 10.1. The van der Waals surface area contributed by atoms with Crippen LogP contribution in [0.1, 0.15) is 40.2 Å². The highest BCUT2D eigenvalue weighted by Crippen LogP contribution is 2.36. The van der Waals surface area contributed by atoms with Crippen molar-refractivity contribution in [2.45, 2.75) is 25.4 Å². The Hall–Kier alpha value is -1.96. The largest absolute Gasteiger partial charge is 0.376 e. The summed E-state index contributed by atoms with van der Waals surface area (Å²) in [4.78, 5) is 17.8. The molecule has 196 valence electrons. The van der Waals surface area contributed by atoms with Crippen LogP contribution in [0.25, 0.3) is 0 Å². The second-order valence-corrected chi connectivity index (χ2v) is 11.7. The molecule has 1 aromatic heterocycles. The molecule has 3 heterocycles. The summed E-state index contributed by atoms with van der Waals surface area (Å²) in [6, 6.07) is 13.8. The predicted octanol–water partition coefficient (Wildman–Crippen LogP) is 6.98. The van der Waals surface area contributed by atoms with Gasteiger partial charge >= 0.3 is 0 Å². The van der Waals surface area contributed by atoms with E-state index in [9.17, 15) is 9.18 Å². The summed E-state index contributed by atoms with van der Waals surface area (Å²) >= 11 is 13.9.